The zero-order valence-corrected chi connectivity index (χ0v) is 10.2. The summed E-state index contributed by atoms with van der Waals surface area (Å²) in [5.74, 6) is -0.462. The number of ether oxygens (including phenoxy) is 1. The summed E-state index contributed by atoms with van der Waals surface area (Å²) in [5.41, 5.74) is 1.40. The first-order valence-corrected chi connectivity index (χ1v) is 5.50. The summed E-state index contributed by atoms with van der Waals surface area (Å²) in [6.07, 6.45) is 0. The second-order valence-corrected chi connectivity index (χ2v) is 3.69. The van der Waals surface area contributed by atoms with Crippen LogP contribution in [0.15, 0.2) is 12.1 Å². The van der Waals surface area contributed by atoms with Gasteiger partial charge in [0.1, 0.15) is 6.07 Å². The smallest absolute Gasteiger partial charge is 0.338 e. The van der Waals surface area contributed by atoms with Gasteiger partial charge in [0, 0.05) is 5.33 Å². The molecule has 1 aromatic rings. The molecule has 3 nitrogen and oxygen atoms in total. The molecule has 0 amide bonds. The molecule has 78 valence electrons. The number of hydrogen-bond acceptors (Lipinski definition) is 3. The van der Waals surface area contributed by atoms with E-state index in [-0.39, 0.29) is 5.02 Å². The van der Waals surface area contributed by atoms with Gasteiger partial charge in [0.2, 0.25) is 0 Å². The van der Waals surface area contributed by atoms with Crippen molar-refractivity contribution < 1.29 is 9.53 Å². The molecule has 0 spiro atoms. The van der Waals surface area contributed by atoms with Gasteiger partial charge in [-0.2, -0.15) is 5.26 Å². The largest absolute Gasteiger partial charge is 0.465 e. The molecule has 0 fully saturated rings. The third kappa shape index (κ3) is 2.49. The molecule has 0 aromatic heterocycles. The first-order valence-electron chi connectivity index (χ1n) is 4.00. The lowest BCUT2D eigenvalue weighted by molar-refractivity contribution is 0.0600. The minimum absolute atomic E-state index is 0.252. The Morgan fingerprint density at radius 1 is 1.67 bits per heavy atom. The summed E-state index contributed by atoms with van der Waals surface area (Å²) in [7, 11) is 1.30. The highest BCUT2D eigenvalue weighted by Gasteiger charge is 2.14. The van der Waals surface area contributed by atoms with E-state index in [0.717, 1.165) is 0 Å². The maximum atomic E-state index is 11.4. The number of alkyl halides is 1. The maximum absolute atomic E-state index is 11.4. The van der Waals surface area contributed by atoms with Crippen LogP contribution >= 0.6 is 27.5 Å². The van der Waals surface area contributed by atoms with Crippen molar-refractivity contribution in [3.05, 3.63) is 33.8 Å². The maximum Gasteiger partial charge on any atom is 0.338 e. The average molecular weight is 289 g/mol. The Hall–Kier alpha value is -1.05. The molecule has 1 rings (SSSR count). The summed E-state index contributed by atoms with van der Waals surface area (Å²) in [5, 5.41) is 9.47. The third-order valence-electron chi connectivity index (χ3n) is 1.86. The van der Waals surface area contributed by atoms with E-state index in [0.29, 0.717) is 22.0 Å². The van der Waals surface area contributed by atoms with E-state index in [1.54, 1.807) is 6.07 Å². The molecule has 5 heteroatoms. The fourth-order valence-electron chi connectivity index (χ4n) is 1.11. The van der Waals surface area contributed by atoms with Crippen molar-refractivity contribution in [2.75, 3.05) is 7.11 Å². The number of rotatable bonds is 2. The molecule has 0 aliphatic rings. The van der Waals surface area contributed by atoms with E-state index in [2.05, 4.69) is 20.7 Å². The molecule has 1 aromatic carbocycles. The zero-order valence-electron chi connectivity index (χ0n) is 7.88. The van der Waals surface area contributed by atoms with Crippen LogP contribution in [0.5, 0.6) is 0 Å². The van der Waals surface area contributed by atoms with E-state index < -0.39 is 5.97 Å². The Balaban J connectivity index is 3.35. The first-order chi connectivity index (χ1) is 7.13. The number of halogens is 2. The number of esters is 1. The van der Waals surface area contributed by atoms with Gasteiger partial charge in [0.05, 0.1) is 23.3 Å². The van der Waals surface area contributed by atoms with E-state index in [9.17, 15) is 4.79 Å². The van der Waals surface area contributed by atoms with Crippen LogP contribution in [0.25, 0.3) is 0 Å². The Bertz CT molecular complexity index is 440. The predicted octanol–water partition coefficient (Wildman–Crippen LogP) is 2.89. The molecule has 0 heterocycles. The van der Waals surface area contributed by atoms with Crippen LogP contribution in [0.4, 0.5) is 0 Å². The van der Waals surface area contributed by atoms with Gasteiger partial charge in [-0.25, -0.2) is 4.79 Å². The lowest BCUT2D eigenvalue weighted by Crippen LogP contribution is -2.05. The lowest BCUT2D eigenvalue weighted by Gasteiger charge is -2.06. The number of nitrogens with zero attached hydrogens (tertiary/aromatic N) is 1. The van der Waals surface area contributed by atoms with Crippen LogP contribution in [0.2, 0.25) is 5.02 Å². The summed E-state index contributed by atoms with van der Waals surface area (Å²) < 4.78 is 4.61. The topological polar surface area (TPSA) is 50.1 Å². The fourth-order valence-corrected chi connectivity index (χ4v) is 1.78. The number of carbonyl (C=O) groups excluding carboxylic acids is 1. The first kappa shape index (κ1) is 12.0. The van der Waals surface area contributed by atoms with Gasteiger partial charge in [-0.15, -0.1) is 0 Å². The lowest BCUT2D eigenvalue weighted by atomic mass is 10.1. The van der Waals surface area contributed by atoms with Crippen LogP contribution in [0, 0.1) is 11.3 Å². The Morgan fingerprint density at radius 3 is 2.80 bits per heavy atom. The number of hydrogen-bond donors (Lipinski definition) is 0. The quantitative estimate of drug-likeness (QED) is 0.621. The highest BCUT2D eigenvalue weighted by Crippen LogP contribution is 2.23. The van der Waals surface area contributed by atoms with Crippen molar-refractivity contribution in [3.63, 3.8) is 0 Å². The SMILES string of the molecule is COC(=O)c1cc(Cl)c(C#N)cc1CBr. The molecule has 15 heavy (non-hydrogen) atoms. The van der Waals surface area contributed by atoms with Gasteiger partial charge in [-0.05, 0) is 17.7 Å². The standard InChI is InChI=1S/C10H7BrClNO2/c1-15-10(14)8-3-9(12)7(5-13)2-6(8)4-11/h2-3H,4H2,1H3. The summed E-state index contributed by atoms with van der Waals surface area (Å²) in [4.78, 5) is 11.4. The molecule has 0 radical (unpaired) electrons. The molecule has 0 saturated heterocycles. The van der Waals surface area contributed by atoms with E-state index in [1.807, 2.05) is 6.07 Å². The molecule has 0 atom stereocenters. The molecule has 0 unspecified atom stereocenters. The average Bonchev–Trinajstić information content (AvgIpc) is 2.27. The van der Waals surface area contributed by atoms with Crippen LogP contribution < -0.4 is 0 Å². The van der Waals surface area contributed by atoms with E-state index in [4.69, 9.17) is 16.9 Å². The Morgan fingerprint density at radius 2 is 2.33 bits per heavy atom. The van der Waals surface area contributed by atoms with Crippen molar-refractivity contribution >= 4 is 33.5 Å². The molecule has 0 saturated carbocycles. The number of methoxy groups -OCH3 is 1. The van der Waals surface area contributed by atoms with E-state index >= 15 is 0 Å². The van der Waals surface area contributed by atoms with Crippen LogP contribution in [-0.2, 0) is 10.1 Å². The van der Waals surface area contributed by atoms with Gasteiger partial charge in [-0.3, -0.25) is 0 Å². The number of carbonyl (C=O) groups is 1. The van der Waals surface area contributed by atoms with Crippen LogP contribution in [-0.4, -0.2) is 13.1 Å². The van der Waals surface area contributed by atoms with Gasteiger partial charge in [0.15, 0.2) is 0 Å². The zero-order chi connectivity index (χ0) is 11.4. The van der Waals surface area contributed by atoms with Crippen LogP contribution in [0.3, 0.4) is 0 Å². The molecule has 0 bridgehead atoms. The third-order valence-corrected chi connectivity index (χ3v) is 2.78. The minimum Gasteiger partial charge on any atom is -0.465 e. The Labute approximate surface area is 101 Å². The molecule has 0 N–H and O–H groups in total. The summed E-state index contributed by atoms with van der Waals surface area (Å²) in [6.45, 7) is 0. The fraction of sp³-hybridized carbons (Fsp3) is 0.200. The normalized spacial score (nSPS) is 9.47. The highest BCUT2D eigenvalue weighted by atomic mass is 79.9. The van der Waals surface area contributed by atoms with Crippen molar-refractivity contribution in [2.45, 2.75) is 5.33 Å². The second-order valence-electron chi connectivity index (χ2n) is 2.73. The van der Waals surface area contributed by atoms with Crippen molar-refractivity contribution in [1.82, 2.24) is 0 Å². The van der Waals surface area contributed by atoms with Gasteiger partial charge >= 0.3 is 5.97 Å². The minimum atomic E-state index is -0.462. The van der Waals surface area contributed by atoms with Gasteiger partial charge < -0.3 is 4.74 Å². The van der Waals surface area contributed by atoms with Crippen molar-refractivity contribution in [2.24, 2.45) is 0 Å². The summed E-state index contributed by atoms with van der Waals surface area (Å²) in [6, 6.07) is 4.97. The second kappa shape index (κ2) is 5.15. The van der Waals surface area contributed by atoms with Crippen LogP contribution in [0.1, 0.15) is 21.5 Å². The van der Waals surface area contributed by atoms with Crippen molar-refractivity contribution in [1.29, 1.82) is 5.26 Å². The number of nitriles is 1. The highest BCUT2D eigenvalue weighted by molar-refractivity contribution is 9.08. The number of benzene rings is 1. The van der Waals surface area contributed by atoms with E-state index in [1.165, 1.54) is 13.2 Å². The predicted molar refractivity (Wildman–Crippen MR) is 60.1 cm³/mol. The molecular weight excluding hydrogens is 281 g/mol. The monoisotopic (exact) mass is 287 g/mol. The van der Waals surface area contributed by atoms with Gasteiger partial charge in [0.25, 0.3) is 0 Å². The summed E-state index contributed by atoms with van der Waals surface area (Å²) >= 11 is 9.05. The van der Waals surface area contributed by atoms with Crippen molar-refractivity contribution in [3.8, 4) is 6.07 Å². The van der Waals surface area contributed by atoms with Gasteiger partial charge in [-0.1, -0.05) is 27.5 Å². The molecular formula is C10H7BrClNO2. The molecule has 0 aliphatic heterocycles. The molecule has 0 aliphatic carbocycles. The Kier molecular flexibility index (Phi) is 4.13.